The molecule has 0 atom stereocenters. The number of ether oxygens (including phenoxy) is 1. The summed E-state index contributed by atoms with van der Waals surface area (Å²) in [5.74, 6) is 0.409. The van der Waals surface area contributed by atoms with E-state index in [9.17, 15) is 18.0 Å². The third-order valence-electron chi connectivity index (χ3n) is 3.46. The number of anilines is 1. The Morgan fingerprint density at radius 2 is 1.77 bits per heavy atom. The number of alkyl halides is 3. The molecule has 1 N–H and O–H groups in total. The lowest BCUT2D eigenvalue weighted by Gasteiger charge is -2.09. The summed E-state index contributed by atoms with van der Waals surface area (Å²) in [6.07, 6.45) is -4.48. The van der Waals surface area contributed by atoms with Gasteiger partial charge in [0.05, 0.1) is 5.56 Å². The van der Waals surface area contributed by atoms with E-state index >= 15 is 0 Å². The van der Waals surface area contributed by atoms with Crippen LogP contribution >= 0.6 is 0 Å². The van der Waals surface area contributed by atoms with Gasteiger partial charge in [-0.3, -0.25) is 4.79 Å². The van der Waals surface area contributed by atoms with Gasteiger partial charge in [0.1, 0.15) is 18.1 Å². The van der Waals surface area contributed by atoms with Gasteiger partial charge in [0.25, 0.3) is 5.91 Å². The molecule has 0 aliphatic rings. The third-order valence-corrected chi connectivity index (χ3v) is 3.46. The first-order valence-corrected chi connectivity index (χ1v) is 7.67. The summed E-state index contributed by atoms with van der Waals surface area (Å²) in [6, 6.07) is 16.5. The molecule has 0 bridgehead atoms. The topological polar surface area (TPSA) is 51.5 Å². The molecule has 0 radical (unpaired) electrons. The Kier molecular flexibility index (Phi) is 4.97. The molecule has 0 fully saturated rings. The zero-order valence-corrected chi connectivity index (χ0v) is 13.4. The lowest BCUT2D eigenvalue weighted by Crippen LogP contribution is -2.12. The largest absolute Gasteiger partial charge is 0.486 e. The Morgan fingerprint density at radius 1 is 1.00 bits per heavy atom. The number of halogens is 3. The van der Waals surface area contributed by atoms with Crippen LogP contribution in [0.3, 0.4) is 0 Å². The van der Waals surface area contributed by atoms with Gasteiger partial charge in [-0.05, 0) is 42.5 Å². The molecule has 1 aromatic heterocycles. The van der Waals surface area contributed by atoms with Gasteiger partial charge >= 0.3 is 6.18 Å². The number of amides is 1. The number of furan rings is 1. The number of nitrogens with one attached hydrogen (secondary N) is 1. The van der Waals surface area contributed by atoms with Crippen molar-refractivity contribution in [3.05, 3.63) is 83.8 Å². The van der Waals surface area contributed by atoms with Gasteiger partial charge in [0.15, 0.2) is 5.76 Å². The van der Waals surface area contributed by atoms with Crippen LogP contribution in [-0.4, -0.2) is 5.91 Å². The average molecular weight is 361 g/mol. The van der Waals surface area contributed by atoms with Crippen LogP contribution in [-0.2, 0) is 12.8 Å². The van der Waals surface area contributed by atoms with Crippen molar-refractivity contribution in [3.8, 4) is 5.75 Å². The fourth-order valence-corrected chi connectivity index (χ4v) is 2.21. The fourth-order valence-electron chi connectivity index (χ4n) is 2.21. The van der Waals surface area contributed by atoms with E-state index < -0.39 is 17.6 Å². The first kappa shape index (κ1) is 17.6. The molecule has 1 heterocycles. The SMILES string of the molecule is O=C(Nc1cccc(C(F)(F)F)c1)c1ccc(COc2ccccc2)o1. The number of hydrogen-bond donors (Lipinski definition) is 1. The van der Waals surface area contributed by atoms with Crippen LogP contribution in [0.2, 0.25) is 0 Å². The van der Waals surface area contributed by atoms with Crippen molar-refractivity contribution in [3.63, 3.8) is 0 Å². The minimum Gasteiger partial charge on any atom is -0.486 e. The highest BCUT2D eigenvalue weighted by atomic mass is 19.4. The number of carbonyl (C=O) groups is 1. The van der Waals surface area contributed by atoms with E-state index in [0.29, 0.717) is 11.5 Å². The molecule has 0 saturated carbocycles. The molecule has 0 aliphatic heterocycles. The first-order chi connectivity index (χ1) is 12.4. The van der Waals surface area contributed by atoms with E-state index in [0.717, 1.165) is 12.1 Å². The minimum absolute atomic E-state index is 0.0194. The van der Waals surface area contributed by atoms with Crippen molar-refractivity contribution in [2.24, 2.45) is 0 Å². The van der Waals surface area contributed by atoms with Crippen molar-refractivity contribution < 1.29 is 27.1 Å². The quantitative estimate of drug-likeness (QED) is 0.685. The summed E-state index contributed by atoms with van der Waals surface area (Å²) in [7, 11) is 0. The second kappa shape index (κ2) is 7.35. The zero-order chi connectivity index (χ0) is 18.6. The molecule has 1 amide bonds. The first-order valence-electron chi connectivity index (χ1n) is 7.67. The second-order valence-corrected chi connectivity index (χ2v) is 5.40. The summed E-state index contributed by atoms with van der Waals surface area (Å²) in [4.78, 5) is 12.1. The van der Waals surface area contributed by atoms with Gasteiger partial charge in [0, 0.05) is 5.69 Å². The predicted octanol–water partition coefficient (Wildman–Crippen LogP) is 5.13. The summed E-state index contributed by atoms with van der Waals surface area (Å²) in [5, 5.41) is 2.38. The van der Waals surface area contributed by atoms with Gasteiger partial charge in [-0.1, -0.05) is 24.3 Å². The molecular weight excluding hydrogens is 347 g/mol. The van der Waals surface area contributed by atoms with Gasteiger partial charge < -0.3 is 14.5 Å². The standard InChI is InChI=1S/C19H14F3NO3/c20-19(21,22)13-5-4-6-14(11-13)23-18(24)17-10-9-16(26-17)12-25-15-7-2-1-3-8-15/h1-11H,12H2,(H,23,24). The molecule has 26 heavy (non-hydrogen) atoms. The fraction of sp³-hybridized carbons (Fsp3) is 0.105. The molecule has 0 aliphatic carbocycles. The van der Waals surface area contributed by atoms with Crippen molar-refractivity contribution in [1.82, 2.24) is 0 Å². The number of carbonyl (C=O) groups excluding carboxylic acids is 1. The van der Waals surface area contributed by atoms with E-state index in [-0.39, 0.29) is 18.1 Å². The number of hydrogen-bond acceptors (Lipinski definition) is 3. The Hall–Kier alpha value is -3.22. The minimum atomic E-state index is -4.48. The van der Waals surface area contributed by atoms with Crippen LogP contribution in [0.25, 0.3) is 0 Å². The third kappa shape index (κ3) is 4.44. The van der Waals surface area contributed by atoms with Crippen molar-refractivity contribution in [1.29, 1.82) is 0 Å². The van der Waals surface area contributed by atoms with Crippen LogP contribution < -0.4 is 10.1 Å². The van der Waals surface area contributed by atoms with Gasteiger partial charge in [-0.25, -0.2) is 0 Å². The van der Waals surface area contributed by atoms with Gasteiger partial charge in [-0.2, -0.15) is 13.2 Å². The number of para-hydroxylation sites is 1. The van der Waals surface area contributed by atoms with Crippen LogP contribution in [0.4, 0.5) is 18.9 Å². The normalized spacial score (nSPS) is 11.2. The number of rotatable bonds is 5. The van der Waals surface area contributed by atoms with Crippen LogP contribution in [0.15, 0.2) is 71.1 Å². The average Bonchev–Trinajstić information content (AvgIpc) is 3.10. The van der Waals surface area contributed by atoms with Crippen molar-refractivity contribution in [2.45, 2.75) is 12.8 Å². The summed E-state index contributed by atoms with van der Waals surface area (Å²) < 4.78 is 49.0. The second-order valence-electron chi connectivity index (χ2n) is 5.40. The van der Waals surface area contributed by atoms with E-state index in [4.69, 9.17) is 9.15 Å². The zero-order valence-electron chi connectivity index (χ0n) is 13.4. The Labute approximate surface area is 147 Å². The molecule has 3 aromatic rings. The molecular formula is C19H14F3NO3. The molecule has 0 saturated heterocycles. The molecule has 4 nitrogen and oxygen atoms in total. The molecule has 3 rings (SSSR count). The highest BCUT2D eigenvalue weighted by molar-refractivity contribution is 6.02. The summed E-state index contributed by atoms with van der Waals surface area (Å²) in [5.41, 5.74) is -0.810. The van der Waals surface area contributed by atoms with Crippen molar-refractivity contribution in [2.75, 3.05) is 5.32 Å². The maximum atomic E-state index is 12.7. The molecule has 0 spiro atoms. The van der Waals surface area contributed by atoms with Crippen LogP contribution in [0, 0.1) is 0 Å². The van der Waals surface area contributed by atoms with E-state index in [2.05, 4.69) is 5.32 Å². The van der Waals surface area contributed by atoms with E-state index in [1.807, 2.05) is 18.2 Å². The summed E-state index contributed by atoms with van der Waals surface area (Å²) >= 11 is 0. The molecule has 0 unspecified atom stereocenters. The maximum Gasteiger partial charge on any atom is 0.416 e. The van der Waals surface area contributed by atoms with E-state index in [1.165, 1.54) is 18.2 Å². The molecule has 7 heteroatoms. The Balaban J connectivity index is 1.63. The maximum absolute atomic E-state index is 12.7. The highest BCUT2D eigenvalue weighted by Crippen LogP contribution is 2.30. The van der Waals surface area contributed by atoms with Gasteiger partial charge in [-0.15, -0.1) is 0 Å². The lowest BCUT2D eigenvalue weighted by atomic mass is 10.2. The van der Waals surface area contributed by atoms with E-state index in [1.54, 1.807) is 18.2 Å². The van der Waals surface area contributed by atoms with Crippen molar-refractivity contribution >= 4 is 11.6 Å². The van der Waals surface area contributed by atoms with Gasteiger partial charge in [0.2, 0.25) is 0 Å². The van der Waals surface area contributed by atoms with Crippen LogP contribution in [0.1, 0.15) is 21.9 Å². The number of benzene rings is 2. The predicted molar refractivity (Wildman–Crippen MR) is 88.9 cm³/mol. The molecule has 134 valence electrons. The monoisotopic (exact) mass is 361 g/mol. The highest BCUT2D eigenvalue weighted by Gasteiger charge is 2.30. The Bertz CT molecular complexity index is 888. The summed E-state index contributed by atoms with van der Waals surface area (Å²) in [6.45, 7) is 0.126. The van der Waals surface area contributed by atoms with Crippen LogP contribution in [0.5, 0.6) is 5.75 Å². The molecule has 2 aromatic carbocycles. The lowest BCUT2D eigenvalue weighted by molar-refractivity contribution is -0.137. The smallest absolute Gasteiger partial charge is 0.416 e. The Morgan fingerprint density at radius 3 is 2.50 bits per heavy atom.